The van der Waals surface area contributed by atoms with Gasteiger partial charge in [0.05, 0.1) is 17.2 Å². The highest BCUT2D eigenvalue weighted by Crippen LogP contribution is 2.34. The molecule has 0 unspecified atom stereocenters. The van der Waals surface area contributed by atoms with Gasteiger partial charge in [-0.25, -0.2) is 18.2 Å². The van der Waals surface area contributed by atoms with Crippen LogP contribution in [-0.4, -0.2) is 40.8 Å². The van der Waals surface area contributed by atoms with Crippen molar-refractivity contribution in [3.63, 3.8) is 0 Å². The van der Waals surface area contributed by atoms with E-state index in [9.17, 15) is 18.3 Å². The molecule has 10 nitrogen and oxygen atoms in total. The summed E-state index contributed by atoms with van der Waals surface area (Å²) >= 11 is 6.15. The number of aromatic nitrogens is 3. The average Bonchev–Trinajstić information content (AvgIpc) is 3.46. The Morgan fingerprint density at radius 3 is 2.54 bits per heavy atom. The smallest absolute Gasteiger partial charge is 0.354 e. The number of carboxylic acid groups (broad SMARTS) is 1. The average molecular weight is 601 g/mol. The van der Waals surface area contributed by atoms with Crippen LogP contribution < -0.4 is 4.72 Å². The second kappa shape index (κ2) is 12.9. The minimum atomic E-state index is -4.10. The first kappa shape index (κ1) is 30.3. The summed E-state index contributed by atoms with van der Waals surface area (Å²) in [6.45, 7) is 8.37. The lowest BCUT2D eigenvalue weighted by molar-refractivity contribution is 0.0684. The topological polar surface area (TPSA) is 137 Å². The molecule has 2 aromatic carbocycles. The summed E-state index contributed by atoms with van der Waals surface area (Å²) in [5.74, 6) is -0.0875. The van der Waals surface area contributed by atoms with Crippen molar-refractivity contribution in [1.29, 1.82) is 0 Å². The number of nitrogens with zero attached hydrogens (tertiary/aromatic N) is 3. The number of imidazole rings is 1. The number of carbonyl (C=O) groups is 1. The van der Waals surface area contributed by atoms with Crippen LogP contribution in [0.25, 0.3) is 11.1 Å². The van der Waals surface area contributed by atoms with E-state index in [4.69, 9.17) is 20.9 Å². The van der Waals surface area contributed by atoms with Crippen LogP contribution in [0.5, 0.6) is 0 Å². The van der Waals surface area contributed by atoms with E-state index in [0.29, 0.717) is 48.6 Å². The Morgan fingerprint density at radius 1 is 1.15 bits per heavy atom. The zero-order valence-corrected chi connectivity index (χ0v) is 25.0. The molecule has 4 rings (SSSR count). The number of benzene rings is 2. The van der Waals surface area contributed by atoms with Crippen LogP contribution >= 0.6 is 11.6 Å². The third kappa shape index (κ3) is 6.47. The number of rotatable bonds is 13. The van der Waals surface area contributed by atoms with Crippen molar-refractivity contribution in [2.75, 3.05) is 11.3 Å². The van der Waals surface area contributed by atoms with E-state index >= 15 is 0 Å². The molecular formula is C29H33ClN4O6S. The molecule has 0 radical (unpaired) electrons. The minimum Gasteiger partial charge on any atom is -0.477 e. The fourth-order valence-electron chi connectivity index (χ4n) is 4.68. The predicted molar refractivity (Wildman–Crippen MR) is 156 cm³/mol. The maximum absolute atomic E-state index is 13.5. The molecule has 0 aliphatic heterocycles. The lowest BCUT2D eigenvalue weighted by Crippen LogP contribution is -2.15. The van der Waals surface area contributed by atoms with Crippen LogP contribution in [-0.2, 0) is 40.8 Å². The van der Waals surface area contributed by atoms with Gasteiger partial charge in [0.15, 0.2) is 11.5 Å². The maximum atomic E-state index is 13.5. The molecule has 4 aromatic rings. The molecule has 41 heavy (non-hydrogen) atoms. The first-order valence-electron chi connectivity index (χ1n) is 13.4. The zero-order chi connectivity index (χ0) is 29.7. The molecule has 0 bridgehead atoms. The summed E-state index contributed by atoms with van der Waals surface area (Å²) in [7, 11) is -4.10. The number of aryl methyl sites for hydroxylation is 3. The van der Waals surface area contributed by atoms with Gasteiger partial charge in [-0.2, -0.15) is 0 Å². The number of hydrogen-bond acceptors (Lipinski definition) is 7. The first-order chi connectivity index (χ1) is 19.6. The Morgan fingerprint density at radius 2 is 1.90 bits per heavy atom. The Hall–Kier alpha value is -3.67. The Balaban J connectivity index is 1.78. The largest absolute Gasteiger partial charge is 0.477 e. The van der Waals surface area contributed by atoms with E-state index in [2.05, 4.69) is 14.9 Å². The van der Waals surface area contributed by atoms with Crippen molar-refractivity contribution in [3.8, 4) is 11.1 Å². The number of sulfonamides is 1. The van der Waals surface area contributed by atoms with Crippen molar-refractivity contribution in [1.82, 2.24) is 14.7 Å². The molecule has 0 aliphatic rings. The second-order valence-corrected chi connectivity index (χ2v) is 11.5. The molecule has 0 saturated carbocycles. The fraction of sp³-hybridized carbons (Fsp3) is 0.345. The Kier molecular flexibility index (Phi) is 9.52. The SMILES string of the molecule is CCCc1nc(CC)c(C(=O)O)n1Cc1ccc(-c2ccccc2S(=O)(=O)Nc2noc(C)c2Cl)c(COCC)c1. The van der Waals surface area contributed by atoms with Crippen LogP contribution in [0.1, 0.15) is 66.1 Å². The number of aromatic carboxylic acids is 1. The number of hydrogen-bond donors (Lipinski definition) is 2. The first-order valence-corrected chi connectivity index (χ1v) is 15.2. The lowest BCUT2D eigenvalue weighted by Gasteiger charge is -2.17. The number of carboxylic acids is 1. The Labute approximate surface area is 244 Å². The van der Waals surface area contributed by atoms with Gasteiger partial charge in [0.1, 0.15) is 10.8 Å². The third-order valence-electron chi connectivity index (χ3n) is 6.59. The van der Waals surface area contributed by atoms with Crippen molar-refractivity contribution < 1.29 is 27.6 Å². The van der Waals surface area contributed by atoms with Gasteiger partial charge < -0.3 is 18.9 Å². The molecule has 0 spiro atoms. The van der Waals surface area contributed by atoms with E-state index in [-0.39, 0.29) is 28.0 Å². The van der Waals surface area contributed by atoms with Gasteiger partial charge in [-0.05, 0) is 49.4 Å². The van der Waals surface area contributed by atoms with E-state index in [0.717, 1.165) is 23.4 Å². The quantitative estimate of drug-likeness (QED) is 0.188. The molecule has 2 aromatic heterocycles. The summed E-state index contributed by atoms with van der Waals surface area (Å²) in [6.07, 6.45) is 1.99. The van der Waals surface area contributed by atoms with Crippen molar-refractivity contribution in [2.24, 2.45) is 0 Å². The van der Waals surface area contributed by atoms with Crippen molar-refractivity contribution >= 4 is 33.4 Å². The van der Waals surface area contributed by atoms with Crippen LogP contribution in [0, 0.1) is 6.92 Å². The van der Waals surface area contributed by atoms with Gasteiger partial charge in [0.2, 0.25) is 5.82 Å². The van der Waals surface area contributed by atoms with Crippen LogP contribution in [0.2, 0.25) is 5.02 Å². The van der Waals surface area contributed by atoms with Gasteiger partial charge in [0, 0.05) is 25.1 Å². The highest BCUT2D eigenvalue weighted by atomic mass is 35.5. The van der Waals surface area contributed by atoms with Crippen LogP contribution in [0.15, 0.2) is 51.9 Å². The van der Waals surface area contributed by atoms with E-state index in [1.807, 2.05) is 39.0 Å². The zero-order valence-electron chi connectivity index (χ0n) is 23.4. The summed E-state index contributed by atoms with van der Waals surface area (Å²) in [4.78, 5) is 16.8. The minimum absolute atomic E-state index is 0.0304. The highest BCUT2D eigenvalue weighted by molar-refractivity contribution is 7.92. The standard InChI is InChI=1S/C29H33ClN4O6S/c1-5-10-25-31-23(6-2)27(29(35)36)34(25)16-19-13-14-21(20(15-19)17-39-7-3)22-11-8-9-12-24(22)41(37,38)33-28-26(30)18(4)40-32-28/h8-9,11-15H,5-7,10,16-17H2,1-4H3,(H,32,33)(H,35,36). The normalized spacial score (nSPS) is 11.6. The number of anilines is 1. The molecular weight excluding hydrogens is 568 g/mol. The Bertz CT molecular complexity index is 1660. The van der Waals surface area contributed by atoms with E-state index in [1.165, 1.54) is 6.07 Å². The van der Waals surface area contributed by atoms with Crippen LogP contribution in [0.3, 0.4) is 0 Å². The molecule has 12 heteroatoms. The maximum Gasteiger partial charge on any atom is 0.354 e. The van der Waals surface area contributed by atoms with Gasteiger partial charge in [-0.1, -0.05) is 67.0 Å². The lowest BCUT2D eigenvalue weighted by atomic mass is 9.97. The summed E-state index contributed by atoms with van der Waals surface area (Å²) in [5.41, 5.74) is 3.47. The summed E-state index contributed by atoms with van der Waals surface area (Å²) in [6, 6.07) is 12.2. The molecule has 218 valence electrons. The van der Waals surface area contributed by atoms with Gasteiger partial charge in [-0.3, -0.25) is 4.72 Å². The molecule has 0 aliphatic carbocycles. The highest BCUT2D eigenvalue weighted by Gasteiger charge is 2.25. The van der Waals surface area contributed by atoms with Crippen molar-refractivity contribution in [3.05, 3.63) is 81.6 Å². The van der Waals surface area contributed by atoms with Crippen molar-refractivity contribution in [2.45, 2.75) is 65.0 Å². The molecule has 2 heterocycles. The summed E-state index contributed by atoms with van der Waals surface area (Å²) in [5, 5.41) is 13.8. The van der Waals surface area contributed by atoms with Crippen LogP contribution in [0.4, 0.5) is 5.82 Å². The summed E-state index contributed by atoms with van der Waals surface area (Å²) < 4.78 is 41.9. The molecule has 0 saturated heterocycles. The number of nitrogens with one attached hydrogen (secondary N) is 1. The van der Waals surface area contributed by atoms with Gasteiger partial charge >= 0.3 is 5.97 Å². The predicted octanol–water partition coefficient (Wildman–Crippen LogP) is 6.10. The molecule has 2 N–H and O–H groups in total. The third-order valence-corrected chi connectivity index (χ3v) is 8.43. The second-order valence-electron chi connectivity index (χ2n) is 9.45. The monoisotopic (exact) mass is 600 g/mol. The molecule has 0 fully saturated rings. The van der Waals surface area contributed by atoms with Gasteiger partial charge in [0.25, 0.3) is 10.0 Å². The van der Waals surface area contributed by atoms with E-state index in [1.54, 1.807) is 29.7 Å². The molecule has 0 atom stereocenters. The van der Waals surface area contributed by atoms with Gasteiger partial charge in [-0.15, -0.1) is 0 Å². The number of halogens is 1. The van der Waals surface area contributed by atoms with E-state index < -0.39 is 16.0 Å². The molecule has 0 amide bonds. The fourth-order valence-corrected chi connectivity index (χ4v) is 6.08. The number of ether oxygens (including phenoxy) is 1.